The number of nitrogens with zero attached hydrogens (tertiary/aromatic N) is 2. The molecule has 0 radical (unpaired) electrons. The minimum atomic E-state index is -3.45. The van der Waals surface area contributed by atoms with Gasteiger partial charge < -0.3 is 10.1 Å². The normalized spacial score (nSPS) is 18.5. The van der Waals surface area contributed by atoms with Crippen LogP contribution in [0.25, 0.3) is 0 Å². The van der Waals surface area contributed by atoms with Crippen LogP contribution >= 0.6 is 0 Å². The predicted molar refractivity (Wildman–Crippen MR) is 81.5 cm³/mol. The maximum atomic E-state index is 12.0. The zero-order valence-electron chi connectivity index (χ0n) is 12.6. The van der Waals surface area contributed by atoms with Gasteiger partial charge in [0.2, 0.25) is 15.9 Å². The summed E-state index contributed by atoms with van der Waals surface area (Å²) in [7, 11) is -3.45. The summed E-state index contributed by atoms with van der Waals surface area (Å²) in [5, 5.41) is 2.70. The van der Waals surface area contributed by atoms with Gasteiger partial charge in [0.1, 0.15) is 0 Å². The quantitative estimate of drug-likeness (QED) is 0.769. The van der Waals surface area contributed by atoms with E-state index in [1.54, 1.807) is 18.5 Å². The van der Waals surface area contributed by atoms with E-state index >= 15 is 0 Å². The van der Waals surface area contributed by atoms with Gasteiger partial charge >= 0.3 is 0 Å². The molecule has 8 heteroatoms. The van der Waals surface area contributed by atoms with Gasteiger partial charge in [-0.15, -0.1) is 0 Å². The van der Waals surface area contributed by atoms with Crippen molar-refractivity contribution in [3.63, 3.8) is 0 Å². The molecule has 7 nitrogen and oxygen atoms in total. The molecule has 1 aliphatic heterocycles. The number of carbonyl (C=O) groups excluding carboxylic acids is 1. The van der Waals surface area contributed by atoms with Crippen molar-refractivity contribution in [2.75, 3.05) is 26.0 Å². The maximum absolute atomic E-state index is 12.0. The summed E-state index contributed by atoms with van der Waals surface area (Å²) in [6, 6.07) is 3.62. The Balaban J connectivity index is 1.87. The van der Waals surface area contributed by atoms with E-state index in [1.165, 1.54) is 4.31 Å². The molecule has 1 aromatic rings. The molecule has 2 heterocycles. The van der Waals surface area contributed by atoms with E-state index in [0.29, 0.717) is 13.2 Å². The van der Waals surface area contributed by atoms with Gasteiger partial charge in [-0.25, -0.2) is 8.42 Å². The van der Waals surface area contributed by atoms with Gasteiger partial charge in [-0.1, -0.05) is 6.07 Å². The monoisotopic (exact) mass is 327 g/mol. The van der Waals surface area contributed by atoms with Crippen molar-refractivity contribution in [2.24, 2.45) is 0 Å². The second kappa shape index (κ2) is 7.66. The summed E-state index contributed by atoms with van der Waals surface area (Å²) in [5.74, 6) is -0.340. The highest BCUT2D eigenvalue weighted by atomic mass is 32.2. The molecule has 1 aromatic heterocycles. The minimum Gasteiger partial charge on any atom is -0.377 e. The Labute approximate surface area is 130 Å². The first-order valence-electron chi connectivity index (χ1n) is 7.17. The van der Waals surface area contributed by atoms with Crippen LogP contribution in [0.5, 0.6) is 0 Å². The van der Waals surface area contributed by atoms with Crippen LogP contribution in [0.1, 0.15) is 18.4 Å². The fraction of sp³-hybridized carbons (Fsp3) is 0.571. The number of sulfonamides is 1. The molecule has 122 valence electrons. The van der Waals surface area contributed by atoms with Crippen molar-refractivity contribution >= 4 is 15.9 Å². The van der Waals surface area contributed by atoms with Crippen LogP contribution in [0, 0.1) is 0 Å². The van der Waals surface area contributed by atoms with E-state index in [1.807, 2.05) is 6.07 Å². The summed E-state index contributed by atoms with van der Waals surface area (Å²) in [6.07, 6.45) is 6.04. The van der Waals surface area contributed by atoms with Crippen LogP contribution in [0.3, 0.4) is 0 Å². The van der Waals surface area contributed by atoms with Crippen molar-refractivity contribution in [1.29, 1.82) is 0 Å². The number of aromatic nitrogens is 1. The molecular weight excluding hydrogens is 306 g/mol. The number of rotatable bonds is 7. The highest BCUT2D eigenvalue weighted by Crippen LogP contribution is 2.14. The van der Waals surface area contributed by atoms with E-state index in [-0.39, 0.29) is 25.1 Å². The zero-order valence-corrected chi connectivity index (χ0v) is 13.4. The van der Waals surface area contributed by atoms with Crippen LogP contribution in [-0.2, 0) is 26.1 Å². The third kappa shape index (κ3) is 5.36. The molecule has 0 aromatic carbocycles. The smallest absolute Gasteiger partial charge is 0.235 e. The van der Waals surface area contributed by atoms with Crippen LogP contribution in [0.15, 0.2) is 24.5 Å². The fourth-order valence-corrected chi connectivity index (χ4v) is 3.04. The third-order valence-electron chi connectivity index (χ3n) is 3.43. The van der Waals surface area contributed by atoms with Crippen LogP contribution in [0.2, 0.25) is 0 Å². The van der Waals surface area contributed by atoms with Gasteiger partial charge in [-0.2, -0.15) is 4.31 Å². The molecule has 22 heavy (non-hydrogen) atoms. The number of pyridine rings is 1. The first-order valence-corrected chi connectivity index (χ1v) is 9.02. The van der Waals surface area contributed by atoms with Gasteiger partial charge in [0.05, 0.1) is 18.9 Å². The Morgan fingerprint density at radius 3 is 2.95 bits per heavy atom. The second-order valence-electron chi connectivity index (χ2n) is 5.33. The summed E-state index contributed by atoms with van der Waals surface area (Å²) in [4.78, 5) is 15.9. The lowest BCUT2D eigenvalue weighted by molar-refractivity contribution is -0.121. The van der Waals surface area contributed by atoms with Crippen molar-refractivity contribution in [3.8, 4) is 0 Å². The molecule has 0 aliphatic carbocycles. The summed E-state index contributed by atoms with van der Waals surface area (Å²) in [6.45, 7) is 0.998. The molecule has 0 saturated carbocycles. The minimum absolute atomic E-state index is 0.124. The van der Waals surface area contributed by atoms with Crippen molar-refractivity contribution in [3.05, 3.63) is 30.1 Å². The van der Waals surface area contributed by atoms with Gasteiger partial charge in [0.25, 0.3) is 0 Å². The SMILES string of the molecule is CS(=O)(=O)N(CC(=O)NCc1cccnc1)CC1CCCO1. The van der Waals surface area contributed by atoms with Crippen molar-refractivity contribution in [1.82, 2.24) is 14.6 Å². The average molecular weight is 327 g/mol. The molecule has 1 saturated heterocycles. The predicted octanol–water partition coefficient (Wildman–Crippen LogP) is 0.138. The van der Waals surface area contributed by atoms with E-state index in [2.05, 4.69) is 10.3 Å². The number of carbonyl (C=O) groups is 1. The molecular formula is C14H21N3O4S. The number of ether oxygens (including phenoxy) is 1. The van der Waals surface area contributed by atoms with E-state index in [9.17, 15) is 13.2 Å². The van der Waals surface area contributed by atoms with Crippen LogP contribution < -0.4 is 5.32 Å². The molecule has 1 amide bonds. The van der Waals surface area contributed by atoms with Gasteiger partial charge in [0.15, 0.2) is 0 Å². The Morgan fingerprint density at radius 1 is 1.55 bits per heavy atom. The lowest BCUT2D eigenvalue weighted by Crippen LogP contribution is -2.43. The fourth-order valence-electron chi connectivity index (χ4n) is 2.25. The Bertz CT molecular complexity index is 585. The molecule has 1 atom stereocenters. The highest BCUT2D eigenvalue weighted by molar-refractivity contribution is 7.88. The maximum Gasteiger partial charge on any atom is 0.235 e. The molecule has 2 rings (SSSR count). The number of nitrogens with one attached hydrogen (secondary N) is 1. The summed E-state index contributed by atoms with van der Waals surface area (Å²) in [5.41, 5.74) is 0.862. The average Bonchev–Trinajstić information content (AvgIpc) is 2.98. The number of hydrogen-bond donors (Lipinski definition) is 1. The molecule has 1 unspecified atom stereocenters. The van der Waals surface area contributed by atoms with Gasteiger partial charge in [-0.05, 0) is 24.5 Å². The van der Waals surface area contributed by atoms with E-state index < -0.39 is 10.0 Å². The van der Waals surface area contributed by atoms with Crippen LogP contribution in [0.4, 0.5) is 0 Å². The van der Waals surface area contributed by atoms with Crippen molar-refractivity contribution in [2.45, 2.75) is 25.5 Å². The topological polar surface area (TPSA) is 88.6 Å². The first kappa shape index (κ1) is 16.9. The molecule has 1 aliphatic rings. The van der Waals surface area contributed by atoms with E-state index in [0.717, 1.165) is 24.7 Å². The largest absolute Gasteiger partial charge is 0.377 e. The standard InChI is InChI=1S/C14H21N3O4S/c1-22(19,20)17(10-13-5-3-7-21-13)11-14(18)16-9-12-4-2-6-15-8-12/h2,4,6,8,13H,3,5,7,9-11H2,1H3,(H,16,18). The molecule has 0 bridgehead atoms. The third-order valence-corrected chi connectivity index (χ3v) is 4.65. The summed E-state index contributed by atoms with van der Waals surface area (Å²) >= 11 is 0. The lowest BCUT2D eigenvalue weighted by atomic mass is 10.2. The van der Waals surface area contributed by atoms with Gasteiger partial charge in [-0.3, -0.25) is 9.78 Å². The Hall–Kier alpha value is -1.51. The molecule has 0 spiro atoms. The molecule has 1 N–H and O–H groups in total. The second-order valence-corrected chi connectivity index (χ2v) is 7.31. The van der Waals surface area contributed by atoms with E-state index in [4.69, 9.17) is 4.74 Å². The molecule has 1 fully saturated rings. The van der Waals surface area contributed by atoms with Gasteiger partial charge in [0, 0.05) is 32.1 Å². The Morgan fingerprint density at radius 2 is 2.36 bits per heavy atom. The van der Waals surface area contributed by atoms with Crippen molar-refractivity contribution < 1.29 is 17.9 Å². The van der Waals surface area contributed by atoms with Crippen LogP contribution in [-0.4, -0.2) is 55.7 Å². The summed E-state index contributed by atoms with van der Waals surface area (Å²) < 4.78 is 30.2. The lowest BCUT2D eigenvalue weighted by Gasteiger charge is -2.22. The Kier molecular flexibility index (Phi) is 5.87. The first-order chi connectivity index (χ1) is 10.4. The number of hydrogen-bond acceptors (Lipinski definition) is 5. The number of amides is 1. The highest BCUT2D eigenvalue weighted by Gasteiger charge is 2.26. The zero-order chi connectivity index (χ0) is 16.0.